The summed E-state index contributed by atoms with van der Waals surface area (Å²) >= 11 is 3.58. The first-order valence-electron chi connectivity index (χ1n) is 12.4. The Balaban J connectivity index is 2.27. The van der Waals surface area contributed by atoms with Gasteiger partial charge >= 0.3 is 6.16 Å². The lowest BCUT2D eigenvalue weighted by atomic mass is 9.92. The van der Waals surface area contributed by atoms with Gasteiger partial charge in [0.25, 0.3) is 0 Å². The van der Waals surface area contributed by atoms with Crippen LogP contribution in [0.4, 0.5) is 4.79 Å². The van der Waals surface area contributed by atoms with Gasteiger partial charge in [-0.1, -0.05) is 79.2 Å². The minimum absolute atomic E-state index is 0.118. The Labute approximate surface area is 240 Å². The van der Waals surface area contributed by atoms with Crippen molar-refractivity contribution in [2.45, 2.75) is 70.3 Å². The molecule has 1 aliphatic rings. The molecule has 12 heteroatoms. The molecule has 0 spiro atoms. The first kappa shape index (κ1) is 31.5. The van der Waals surface area contributed by atoms with Crippen LogP contribution < -0.4 is 0 Å². The third-order valence-electron chi connectivity index (χ3n) is 7.24. The van der Waals surface area contributed by atoms with E-state index in [1.807, 2.05) is 33.9 Å². The lowest BCUT2D eigenvalue weighted by Crippen LogP contribution is -2.56. The molecule has 0 aliphatic heterocycles. The zero-order valence-corrected chi connectivity index (χ0v) is 27.0. The van der Waals surface area contributed by atoms with Gasteiger partial charge in [-0.15, -0.1) is 0 Å². The zero-order valence-electron chi connectivity index (χ0n) is 22.8. The van der Waals surface area contributed by atoms with Crippen LogP contribution in [0.2, 0.25) is 18.1 Å². The highest BCUT2D eigenvalue weighted by atomic mass is 79.9. The molecule has 0 bridgehead atoms. The van der Waals surface area contributed by atoms with Gasteiger partial charge in [0.1, 0.15) is 6.10 Å². The number of carbonyl (C=O) groups is 1. The Morgan fingerprint density at radius 2 is 1.33 bits per heavy atom. The highest BCUT2D eigenvalue weighted by Gasteiger charge is 2.54. The van der Waals surface area contributed by atoms with Crippen LogP contribution in [-0.4, -0.2) is 60.0 Å². The minimum atomic E-state index is -4.46. The van der Waals surface area contributed by atoms with Gasteiger partial charge in [-0.25, -0.2) is 21.6 Å². The maximum absolute atomic E-state index is 14.2. The van der Waals surface area contributed by atoms with Gasteiger partial charge in [-0.3, -0.25) is 0 Å². The molecule has 1 aliphatic carbocycles. The van der Waals surface area contributed by atoms with E-state index in [2.05, 4.69) is 20.7 Å². The average molecular weight is 660 g/mol. The van der Waals surface area contributed by atoms with E-state index >= 15 is 0 Å². The number of hydrogen-bond donors (Lipinski definition) is 0. The molecule has 0 radical (unpaired) electrons. The molecule has 0 unspecified atom stereocenters. The molecule has 39 heavy (non-hydrogen) atoms. The lowest BCUT2D eigenvalue weighted by molar-refractivity contribution is 0.0270. The summed E-state index contributed by atoms with van der Waals surface area (Å²) in [4.78, 5) is 11.0. The second kappa shape index (κ2) is 11.9. The third-order valence-corrected chi connectivity index (χ3v) is 18.0. The Hall–Kier alpha value is -1.99. The van der Waals surface area contributed by atoms with E-state index in [0.717, 1.165) is 0 Å². The minimum Gasteiger partial charge on any atom is -0.438 e. The lowest BCUT2D eigenvalue weighted by Gasteiger charge is -2.45. The summed E-state index contributed by atoms with van der Waals surface area (Å²) in [5, 5.41) is -0.282. The molecule has 8 nitrogen and oxygen atoms in total. The molecule has 0 saturated heterocycles. The number of halogens is 1. The molecule has 0 saturated carbocycles. The van der Waals surface area contributed by atoms with Gasteiger partial charge < -0.3 is 13.9 Å². The first-order chi connectivity index (χ1) is 18.0. The van der Waals surface area contributed by atoms with E-state index in [4.69, 9.17) is 9.16 Å². The maximum Gasteiger partial charge on any atom is 0.508 e. The van der Waals surface area contributed by atoms with Crippen molar-refractivity contribution in [1.29, 1.82) is 0 Å². The molecule has 0 amide bonds. The molecular weight excluding hydrogens is 624 g/mol. The van der Waals surface area contributed by atoms with Gasteiger partial charge in [0.2, 0.25) is 0 Å². The Morgan fingerprint density at radius 3 is 1.74 bits per heavy atom. The van der Waals surface area contributed by atoms with Crippen LogP contribution in [0.3, 0.4) is 0 Å². The van der Waals surface area contributed by atoms with Crippen LogP contribution in [0.1, 0.15) is 20.8 Å². The van der Waals surface area contributed by atoms with Crippen molar-refractivity contribution in [2.75, 3.05) is 7.11 Å². The van der Waals surface area contributed by atoms with Crippen LogP contribution in [-0.2, 0) is 33.6 Å². The third kappa shape index (κ3) is 6.67. The first-order valence-corrected chi connectivity index (χ1v) is 19.3. The number of benzene rings is 2. The fourth-order valence-corrected chi connectivity index (χ4v) is 11.3. The van der Waals surface area contributed by atoms with Gasteiger partial charge in [-0.2, -0.15) is 0 Å². The van der Waals surface area contributed by atoms with Crippen LogP contribution in [0, 0.1) is 5.92 Å². The molecule has 0 fully saturated rings. The molecule has 214 valence electrons. The topological polar surface area (TPSA) is 113 Å². The monoisotopic (exact) mass is 658 g/mol. The van der Waals surface area contributed by atoms with Gasteiger partial charge in [0.05, 0.1) is 27.8 Å². The fraction of sp³-hybridized carbons (Fsp3) is 0.444. The van der Waals surface area contributed by atoms with Crippen LogP contribution >= 0.6 is 15.9 Å². The quantitative estimate of drug-likeness (QED) is 0.152. The SMILES string of the molecule is COC(=O)O[C@H]1C=C[C@@H](C(S(=O)(=O)c2ccccc2)S(=O)(=O)c2ccccc2)[C@H](O[Si](C)(C)C(C)(C)C)[C@H]1Br. The summed E-state index contributed by atoms with van der Waals surface area (Å²) in [7, 11) is -10.3. The van der Waals surface area contributed by atoms with Crippen molar-refractivity contribution in [1.82, 2.24) is 0 Å². The van der Waals surface area contributed by atoms with Crippen molar-refractivity contribution in [2.24, 2.45) is 5.92 Å². The smallest absolute Gasteiger partial charge is 0.438 e. The van der Waals surface area contributed by atoms with Crippen molar-refractivity contribution >= 4 is 50.1 Å². The Kier molecular flexibility index (Phi) is 9.59. The average Bonchev–Trinajstić information content (AvgIpc) is 2.87. The van der Waals surface area contributed by atoms with Gasteiger partial charge in [0.15, 0.2) is 32.6 Å². The highest BCUT2D eigenvalue weighted by molar-refractivity contribution is 9.09. The van der Waals surface area contributed by atoms with E-state index in [-0.39, 0.29) is 14.8 Å². The number of rotatable bonds is 8. The molecule has 2 aromatic rings. The second-order valence-electron chi connectivity index (χ2n) is 10.9. The standard InChI is InChI=1S/C27H35BrO8S2Si/c1-27(2,3)39(5,6)36-24-21(17-18-22(23(24)28)35-26(29)34-4)25(37(30,31)19-13-9-7-10-14-19)38(32,33)20-15-11-8-12-16-20/h7-18,21-25H,1-6H3/t21-,22+,23+,24+/m1/s1. The van der Waals surface area contributed by atoms with E-state index in [1.165, 1.54) is 43.5 Å². The van der Waals surface area contributed by atoms with Crippen molar-refractivity contribution in [3.05, 3.63) is 72.8 Å². The molecular formula is C27H35BrO8S2Si. The van der Waals surface area contributed by atoms with Gasteiger partial charge in [-0.05, 0) is 48.5 Å². The number of sulfone groups is 2. The number of carbonyl (C=O) groups excluding carboxylic acids is 1. The molecule has 2 aromatic carbocycles. The van der Waals surface area contributed by atoms with Crippen molar-refractivity contribution in [3.63, 3.8) is 0 Å². The maximum atomic E-state index is 14.2. The molecule has 4 atom stereocenters. The Morgan fingerprint density at radius 1 is 0.872 bits per heavy atom. The molecule has 0 heterocycles. The summed E-state index contributed by atoms with van der Waals surface area (Å²) in [5.74, 6) is -1.14. The van der Waals surface area contributed by atoms with Gasteiger partial charge in [0, 0.05) is 5.92 Å². The number of methoxy groups -OCH3 is 1. The normalized spacial score (nSPS) is 22.5. The number of hydrogen-bond acceptors (Lipinski definition) is 8. The number of ether oxygens (including phenoxy) is 2. The van der Waals surface area contributed by atoms with Crippen LogP contribution in [0.25, 0.3) is 0 Å². The van der Waals surface area contributed by atoms with Crippen LogP contribution in [0.15, 0.2) is 82.6 Å². The zero-order chi connectivity index (χ0) is 29.2. The fourth-order valence-electron chi connectivity index (χ4n) is 4.09. The number of alkyl halides is 1. The van der Waals surface area contributed by atoms with Crippen molar-refractivity contribution in [3.8, 4) is 0 Å². The summed E-state index contributed by atoms with van der Waals surface area (Å²) < 4.78 is 71.6. The Bertz CT molecular complexity index is 1320. The molecule has 3 rings (SSSR count). The predicted molar refractivity (Wildman–Crippen MR) is 156 cm³/mol. The predicted octanol–water partition coefficient (Wildman–Crippen LogP) is 5.75. The summed E-state index contributed by atoms with van der Waals surface area (Å²) in [6.45, 7) is 10.1. The second-order valence-corrected chi connectivity index (χ2v) is 21.1. The summed E-state index contributed by atoms with van der Waals surface area (Å²) in [5.41, 5.74) is 0. The highest BCUT2D eigenvalue weighted by Crippen LogP contribution is 2.44. The van der Waals surface area contributed by atoms with Crippen LogP contribution in [0.5, 0.6) is 0 Å². The van der Waals surface area contributed by atoms with Crippen molar-refractivity contribution < 1.29 is 35.5 Å². The largest absolute Gasteiger partial charge is 0.508 e. The van der Waals surface area contributed by atoms with E-state index in [0.29, 0.717) is 0 Å². The summed E-state index contributed by atoms with van der Waals surface area (Å²) in [6, 6.07) is 15.0. The molecule has 0 aromatic heterocycles. The van der Waals surface area contributed by atoms with E-state index in [1.54, 1.807) is 36.4 Å². The summed E-state index contributed by atoms with van der Waals surface area (Å²) in [6.07, 6.45) is 0.175. The van der Waals surface area contributed by atoms with E-state index < -0.39 is 61.7 Å². The van der Waals surface area contributed by atoms with E-state index in [9.17, 15) is 21.6 Å². The molecule has 0 N–H and O–H groups in total.